The number of nitrogens with zero attached hydrogens (tertiary/aromatic N) is 1. The van der Waals surface area contributed by atoms with Crippen LogP contribution in [0.3, 0.4) is 0 Å². The number of nitrogens with one attached hydrogen (secondary N) is 1. The molecule has 3 fully saturated rings. The predicted molar refractivity (Wildman–Crippen MR) is 215 cm³/mol. The number of ether oxygens (including phenoxy) is 5. The summed E-state index contributed by atoms with van der Waals surface area (Å²) >= 11 is 0. The number of carbonyl (C=O) groups excluding carboxylic acids is 6. The molecule has 2 saturated carbocycles. The second kappa shape index (κ2) is 16.5. The molecule has 2 heterocycles. The van der Waals surface area contributed by atoms with E-state index in [0.717, 1.165) is 13.8 Å². The van der Waals surface area contributed by atoms with Crippen LogP contribution in [-0.2, 0) is 42.9 Å². The van der Waals surface area contributed by atoms with Crippen LogP contribution in [0.1, 0.15) is 86.7 Å². The van der Waals surface area contributed by atoms with Crippen molar-refractivity contribution in [3.05, 3.63) is 113 Å². The second-order valence-corrected chi connectivity index (χ2v) is 17.2. The average molecular weight is 855 g/mol. The first kappa shape index (κ1) is 44.3. The van der Waals surface area contributed by atoms with Crippen LogP contribution in [0.5, 0.6) is 0 Å². The van der Waals surface area contributed by atoms with Gasteiger partial charge in [0.15, 0.2) is 23.6 Å². The molecule has 1 saturated heterocycles. The molecule has 2 bridgehead atoms. The molecular formula is C46H50N2O14. The molecule has 7 rings (SSSR count). The maximum absolute atomic E-state index is 15.5. The van der Waals surface area contributed by atoms with Crippen molar-refractivity contribution in [1.82, 2.24) is 10.3 Å². The number of aromatic nitrogens is 1. The predicted octanol–water partition coefficient (Wildman–Crippen LogP) is 3.13. The normalized spacial score (nSPS) is 31.9. The number of pyridine rings is 1. The Balaban J connectivity index is 1.39. The quantitative estimate of drug-likeness (QED) is 0.130. The summed E-state index contributed by atoms with van der Waals surface area (Å²) in [6.07, 6.45) is -7.76. The van der Waals surface area contributed by atoms with Gasteiger partial charge in [-0.25, -0.2) is 9.59 Å². The van der Waals surface area contributed by atoms with Crippen LogP contribution in [0.25, 0.3) is 0 Å². The Morgan fingerprint density at radius 3 is 2.05 bits per heavy atom. The van der Waals surface area contributed by atoms with E-state index in [1.807, 2.05) is 0 Å². The number of esters is 4. The van der Waals surface area contributed by atoms with Crippen molar-refractivity contribution in [2.45, 2.75) is 108 Å². The Morgan fingerprint density at radius 2 is 1.48 bits per heavy atom. The highest BCUT2D eigenvalue weighted by Crippen LogP contribution is 2.64. The van der Waals surface area contributed by atoms with Gasteiger partial charge in [0, 0.05) is 50.1 Å². The maximum Gasteiger partial charge on any atom is 0.338 e. The average Bonchev–Trinajstić information content (AvgIpc) is 3.24. The van der Waals surface area contributed by atoms with Gasteiger partial charge >= 0.3 is 23.9 Å². The minimum Gasteiger partial charge on any atom is -0.456 e. The summed E-state index contributed by atoms with van der Waals surface area (Å²) in [5.41, 5.74) is -7.15. The van der Waals surface area contributed by atoms with E-state index >= 15 is 4.79 Å². The molecule has 11 atom stereocenters. The lowest BCUT2D eigenvalue weighted by molar-refractivity contribution is -0.346. The van der Waals surface area contributed by atoms with Crippen LogP contribution in [0.15, 0.2) is 96.3 Å². The first-order chi connectivity index (χ1) is 29.3. The third-order valence-electron chi connectivity index (χ3n) is 13.4. The third kappa shape index (κ3) is 7.27. The fourth-order valence-electron chi connectivity index (χ4n) is 10.1. The standard InChI is InChI=1S/C46H50N2O14/c1-24-30(60-42(56)35(52)34(27-17-19-47-20-18-27)48-40(54)28-13-9-7-10-14-28)22-46(57)39(61-41(55)29-15-11-8-12-16-29)37-44(6,31(51)21-32-45(37,23-58-32)62-26(3)50)38(53)36(59-25(2)49)33(24)43(46,4)5/h7-20,30-32,34-37,39,51-52,57H,21-23H2,1-6H3,(H,48,54)/t30-,31-,32+,34-,35+,36+,37?,39-,44+,45-,46+/m0/s1. The highest BCUT2D eigenvalue weighted by atomic mass is 16.6. The lowest BCUT2D eigenvalue weighted by atomic mass is 9.44. The van der Waals surface area contributed by atoms with Crippen LogP contribution in [-0.4, -0.2) is 110 Å². The van der Waals surface area contributed by atoms with E-state index in [2.05, 4.69) is 10.3 Å². The van der Waals surface area contributed by atoms with Gasteiger partial charge in [-0.05, 0) is 67.0 Å². The van der Waals surface area contributed by atoms with Crippen molar-refractivity contribution in [2.24, 2.45) is 16.7 Å². The smallest absolute Gasteiger partial charge is 0.338 e. The minimum absolute atomic E-state index is 0.0111. The van der Waals surface area contributed by atoms with Gasteiger partial charge in [0.1, 0.15) is 23.9 Å². The number of fused-ring (bicyclic) bond motifs is 5. The maximum atomic E-state index is 15.5. The summed E-state index contributed by atoms with van der Waals surface area (Å²) in [5, 5.41) is 40.2. The van der Waals surface area contributed by atoms with Gasteiger partial charge < -0.3 is 44.3 Å². The summed E-state index contributed by atoms with van der Waals surface area (Å²) in [7, 11) is 0. The summed E-state index contributed by atoms with van der Waals surface area (Å²) in [6, 6.07) is 17.6. The Labute approximate surface area is 357 Å². The summed E-state index contributed by atoms with van der Waals surface area (Å²) in [5.74, 6) is -6.91. The van der Waals surface area contributed by atoms with E-state index in [0.29, 0.717) is 5.56 Å². The molecule has 4 N–H and O–H groups in total. The summed E-state index contributed by atoms with van der Waals surface area (Å²) in [6.45, 7) is 7.94. The molecule has 1 aromatic heterocycles. The van der Waals surface area contributed by atoms with E-state index in [9.17, 15) is 39.3 Å². The number of aliphatic hydroxyl groups is 3. The molecule has 16 heteroatoms. The Hall–Kier alpha value is -5.81. The first-order valence-electron chi connectivity index (χ1n) is 20.3. The molecule has 1 amide bonds. The molecule has 3 aliphatic carbocycles. The fourth-order valence-corrected chi connectivity index (χ4v) is 10.1. The molecule has 0 spiro atoms. The Bertz CT molecular complexity index is 2290. The van der Waals surface area contributed by atoms with Crippen molar-refractivity contribution in [2.75, 3.05) is 6.61 Å². The molecule has 4 aliphatic rings. The van der Waals surface area contributed by atoms with Gasteiger partial charge in [-0.15, -0.1) is 0 Å². The summed E-state index contributed by atoms with van der Waals surface area (Å²) in [4.78, 5) is 87.4. The van der Waals surface area contributed by atoms with Crippen LogP contribution in [0.4, 0.5) is 0 Å². The minimum atomic E-state index is -2.40. The molecule has 1 unspecified atom stereocenters. The highest BCUT2D eigenvalue weighted by Gasteiger charge is 2.78. The van der Waals surface area contributed by atoms with E-state index in [-0.39, 0.29) is 35.3 Å². The number of aliphatic hydroxyl groups excluding tert-OH is 2. The van der Waals surface area contributed by atoms with Crippen LogP contribution < -0.4 is 5.32 Å². The second-order valence-electron chi connectivity index (χ2n) is 17.2. The number of benzene rings is 2. The molecule has 62 heavy (non-hydrogen) atoms. The zero-order valence-corrected chi connectivity index (χ0v) is 35.1. The van der Waals surface area contributed by atoms with Gasteiger partial charge in [0.05, 0.1) is 35.6 Å². The van der Waals surface area contributed by atoms with Crippen molar-refractivity contribution >= 4 is 35.6 Å². The van der Waals surface area contributed by atoms with Crippen LogP contribution >= 0.6 is 0 Å². The molecule has 3 aromatic rings. The van der Waals surface area contributed by atoms with E-state index in [4.69, 9.17) is 23.7 Å². The van der Waals surface area contributed by atoms with Gasteiger partial charge in [0.25, 0.3) is 5.91 Å². The third-order valence-corrected chi connectivity index (χ3v) is 13.4. The molecule has 0 radical (unpaired) electrons. The van der Waals surface area contributed by atoms with Crippen molar-refractivity contribution in [3.63, 3.8) is 0 Å². The van der Waals surface area contributed by atoms with E-state index in [1.165, 1.54) is 50.5 Å². The zero-order chi connectivity index (χ0) is 44.9. The van der Waals surface area contributed by atoms with Gasteiger partial charge in [-0.2, -0.15) is 0 Å². The first-order valence-corrected chi connectivity index (χ1v) is 20.3. The molecule has 16 nitrogen and oxygen atoms in total. The molecular weight excluding hydrogens is 805 g/mol. The topological polar surface area (TPSA) is 234 Å². The number of amides is 1. The van der Waals surface area contributed by atoms with Crippen molar-refractivity contribution in [1.29, 1.82) is 0 Å². The number of Topliss-reactive ketones (excluding diaryl/α,β-unsaturated/α-hetero) is 1. The number of carbonyl (C=O) groups is 6. The largest absolute Gasteiger partial charge is 0.456 e. The molecule has 2 aromatic carbocycles. The Kier molecular flexibility index (Phi) is 11.8. The molecule has 1 aliphatic heterocycles. The molecule has 328 valence electrons. The van der Waals surface area contributed by atoms with Gasteiger partial charge in [-0.3, -0.25) is 24.2 Å². The number of rotatable bonds is 10. The fraction of sp³-hybridized carbons (Fsp3) is 0.457. The van der Waals surface area contributed by atoms with Crippen LogP contribution in [0, 0.1) is 16.7 Å². The lowest BCUT2D eigenvalue weighted by Crippen LogP contribution is -2.82. The zero-order valence-electron chi connectivity index (χ0n) is 35.1. The van der Waals surface area contributed by atoms with Crippen LogP contribution in [0.2, 0.25) is 0 Å². The number of ketones is 1. The van der Waals surface area contributed by atoms with Gasteiger partial charge in [0.2, 0.25) is 0 Å². The van der Waals surface area contributed by atoms with E-state index < -0.39 is 113 Å². The van der Waals surface area contributed by atoms with Crippen molar-refractivity contribution < 1.29 is 67.8 Å². The summed E-state index contributed by atoms with van der Waals surface area (Å²) < 4.78 is 30.2. The highest BCUT2D eigenvalue weighted by molar-refractivity contribution is 5.96. The Morgan fingerprint density at radius 1 is 0.871 bits per heavy atom. The number of hydrogen-bond donors (Lipinski definition) is 4. The van der Waals surface area contributed by atoms with Crippen molar-refractivity contribution in [3.8, 4) is 0 Å². The number of hydrogen-bond acceptors (Lipinski definition) is 15. The monoisotopic (exact) mass is 854 g/mol. The lowest BCUT2D eigenvalue weighted by Gasteiger charge is -2.67. The van der Waals surface area contributed by atoms with Gasteiger partial charge in [-0.1, -0.05) is 50.2 Å². The SMILES string of the molecule is CC(=O)O[C@H]1C(=O)[C@@]2(C)C([C@H](OC(=O)c3ccccc3)[C@]3(O)C[C@H](OC(=O)[C@H](O)[C@@H](NC(=O)c4ccccc4)c4ccncc4)C(C)=C1C3(C)C)[C@]1(OC(C)=O)CO[C@@H]1C[C@@H]2O. The van der Waals surface area contributed by atoms with E-state index in [1.54, 1.807) is 62.4 Å².